The van der Waals surface area contributed by atoms with Crippen molar-refractivity contribution in [2.75, 3.05) is 50.2 Å². The molecule has 0 spiro atoms. The fourth-order valence-corrected chi connectivity index (χ4v) is 5.28. The van der Waals surface area contributed by atoms with Gasteiger partial charge in [0.05, 0.1) is 24.0 Å². The monoisotopic (exact) mass is 515 g/mol. The van der Waals surface area contributed by atoms with Crippen LogP contribution in [0.15, 0.2) is 30.6 Å². The zero-order chi connectivity index (χ0) is 26.6. The van der Waals surface area contributed by atoms with Crippen LogP contribution in [0.25, 0.3) is 22.0 Å². The third-order valence-electron chi connectivity index (χ3n) is 7.65. The van der Waals surface area contributed by atoms with Crippen molar-refractivity contribution >= 4 is 33.9 Å². The van der Waals surface area contributed by atoms with Gasteiger partial charge in [0.15, 0.2) is 5.82 Å². The van der Waals surface area contributed by atoms with Crippen molar-refractivity contribution in [3.63, 3.8) is 0 Å². The highest BCUT2D eigenvalue weighted by atomic mass is 19.1. The second kappa shape index (κ2) is 9.29. The minimum absolute atomic E-state index is 0.00592. The number of hydrogen-bond donors (Lipinski definition) is 3. The number of aromatic nitrogens is 3. The van der Waals surface area contributed by atoms with Gasteiger partial charge < -0.3 is 25.8 Å². The molecule has 0 radical (unpaired) electrons. The first-order valence-electron chi connectivity index (χ1n) is 12.6. The average molecular weight is 516 g/mol. The SMILES string of the molecule is COc1cc2c(cc1Nc1ncc3c(N)c(F)c(-c4cnc5c(c4C)NCCO5)cc3n1)[C@@H](C)N(C)CC2. The van der Waals surface area contributed by atoms with Crippen LogP contribution in [0, 0.1) is 12.7 Å². The molecule has 2 aromatic carbocycles. The molecule has 0 fully saturated rings. The summed E-state index contributed by atoms with van der Waals surface area (Å²) in [5, 5.41) is 7.04. The number of likely N-dealkylation sites (N-methyl/N-ethyl adjacent to an activating group) is 1. The maximum atomic E-state index is 15.5. The lowest BCUT2D eigenvalue weighted by molar-refractivity contribution is 0.247. The second-order valence-electron chi connectivity index (χ2n) is 9.81. The molecule has 10 heteroatoms. The van der Waals surface area contributed by atoms with E-state index in [4.69, 9.17) is 20.2 Å². The summed E-state index contributed by atoms with van der Waals surface area (Å²) in [5.74, 6) is 1.06. The van der Waals surface area contributed by atoms with Crippen molar-refractivity contribution in [2.24, 2.45) is 0 Å². The van der Waals surface area contributed by atoms with Gasteiger partial charge in [-0.1, -0.05) is 0 Å². The molecule has 0 bridgehead atoms. The van der Waals surface area contributed by atoms with E-state index >= 15 is 4.39 Å². The lowest BCUT2D eigenvalue weighted by atomic mass is 9.93. The number of nitrogens with two attached hydrogens (primary N) is 1. The third-order valence-corrected chi connectivity index (χ3v) is 7.65. The van der Waals surface area contributed by atoms with Gasteiger partial charge in [-0.3, -0.25) is 4.90 Å². The predicted octanol–water partition coefficient (Wildman–Crippen LogP) is 4.83. The Bertz CT molecular complexity index is 1580. The summed E-state index contributed by atoms with van der Waals surface area (Å²) in [7, 11) is 3.78. The number of rotatable bonds is 4. The zero-order valence-electron chi connectivity index (χ0n) is 21.9. The number of fused-ring (bicyclic) bond motifs is 3. The number of nitrogens with zero attached hydrogens (tertiary/aromatic N) is 4. The quantitative estimate of drug-likeness (QED) is 0.329. The number of hydrogen-bond acceptors (Lipinski definition) is 9. The van der Waals surface area contributed by atoms with E-state index in [0.29, 0.717) is 52.8 Å². The molecule has 9 nitrogen and oxygen atoms in total. The Morgan fingerprint density at radius 2 is 2.05 bits per heavy atom. The summed E-state index contributed by atoms with van der Waals surface area (Å²) >= 11 is 0. The van der Waals surface area contributed by atoms with E-state index in [2.05, 4.69) is 51.6 Å². The van der Waals surface area contributed by atoms with Crippen LogP contribution in [0.2, 0.25) is 0 Å². The first kappa shape index (κ1) is 24.2. The standard InChI is InChI=1S/C28H30FN7O2/c1-14-19(12-32-27-26(14)31-6-8-38-27)18-11-21-20(25(30)24(18)29)13-33-28(34-21)35-22-10-17-15(2)36(3)7-5-16(17)9-23(22)37-4/h9-13,15,31H,5-8,30H2,1-4H3,(H,33,34,35)/t15-/m1/s1. The van der Waals surface area contributed by atoms with Gasteiger partial charge in [0, 0.05) is 48.0 Å². The van der Waals surface area contributed by atoms with Crippen molar-refractivity contribution in [2.45, 2.75) is 26.3 Å². The highest BCUT2D eigenvalue weighted by molar-refractivity contribution is 5.96. The summed E-state index contributed by atoms with van der Waals surface area (Å²) in [4.78, 5) is 15.8. The smallest absolute Gasteiger partial charge is 0.237 e. The van der Waals surface area contributed by atoms with Crippen molar-refractivity contribution in [3.8, 4) is 22.8 Å². The minimum Gasteiger partial charge on any atom is -0.495 e. The molecule has 4 N–H and O–H groups in total. The van der Waals surface area contributed by atoms with Gasteiger partial charge in [0.25, 0.3) is 0 Å². The molecule has 38 heavy (non-hydrogen) atoms. The number of anilines is 4. The third kappa shape index (κ3) is 3.92. The van der Waals surface area contributed by atoms with Crippen LogP contribution in [0.1, 0.15) is 29.7 Å². The van der Waals surface area contributed by atoms with Crippen LogP contribution in [0.3, 0.4) is 0 Å². The van der Waals surface area contributed by atoms with Gasteiger partial charge in [0.1, 0.15) is 18.0 Å². The van der Waals surface area contributed by atoms with E-state index in [0.717, 1.165) is 29.9 Å². The first-order valence-corrected chi connectivity index (χ1v) is 12.6. The van der Waals surface area contributed by atoms with Gasteiger partial charge in [-0.05, 0) is 62.2 Å². The van der Waals surface area contributed by atoms with Gasteiger partial charge in [0.2, 0.25) is 11.8 Å². The Morgan fingerprint density at radius 3 is 2.87 bits per heavy atom. The highest BCUT2D eigenvalue weighted by Crippen LogP contribution is 2.40. The largest absolute Gasteiger partial charge is 0.495 e. The number of methoxy groups -OCH3 is 1. The summed E-state index contributed by atoms with van der Waals surface area (Å²) < 4.78 is 26.8. The van der Waals surface area contributed by atoms with Crippen molar-refractivity contribution < 1.29 is 13.9 Å². The fraction of sp³-hybridized carbons (Fsp3) is 0.321. The molecule has 0 saturated carbocycles. The first-order chi connectivity index (χ1) is 18.4. The fourth-order valence-electron chi connectivity index (χ4n) is 5.28. The Kier molecular flexibility index (Phi) is 5.91. The topological polar surface area (TPSA) is 110 Å². The molecular weight excluding hydrogens is 485 g/mol. The van der Waals surface area contributed by atoms with E-state index in [-0.39, 0.29) is 11.7 Å². The van der Waals surface area contributed by atoms with Crippen LogP contribution in [-0.4, -0.2) is 53.7 Å². The van der Waals surface area contributed by atoms with Crippen molar-refractivity contribution in [1.29, 1.82) is 0 Å². The van der Waals surface area contributed by atoms with Gasteiger partial charge in [-0.15, -0.1) is 0 Å². The number of pyridine rings is 1. The highest BCUT2D eigenvalue weighted by Gasteiger charge is 2.24. The van der Waals surface area contributed by atoms with Gasteiger partial charge >= 0.3 is 0 Å². The van der Waals surface area contributed by atoms with Crippen LogP contribution in [0.4, 0.5) is 27.4 Å². The number of ether oxygens (including phenoxy) is 2. The van der Waals surface area contributed by atoms with Crippen LogP contribution in [0.5, 0.6) is 11.6 Å². The average Bonchev–Trinajstić information content (AvgIpc) is 2.93. The van der Waals surface area contributed by atoms with Crippen LogP contribution < -0.4 is 25.8 Å². The van der Waals surface area contributed by atoms with Gasteiger partial charge in [-0.2, -0.15) is 0 Å². The van der Waals surface area contributed by atoms with Gasteiger partial charge in [-0.25, -0.2) is 19.3 Å². The molecule has 0 saturated heterocycles. The van der Waals surface area contributed by atoms with Crippen LogP contribution in [-0.2, 0) is 6.42 Å². The Hall–Kier alpha value is -4.18. The molecule has 0 aliphatic carbocycles. The number of benzene rings is 2. The van der Waals surface area contributed by atoms with E-state index in [1.807, 2.05) is 6.92 Å². The molecule has 2 aliphatic rings. The number of nitrogens with one attached hydrogen (secondary N) is 2. The lowest BCUT2D eigenvalue weighted by Crippen LogP contribution is -2.30. The molecule has 1 atom stereocenters. The van der Waals surface area contributed by atoms with E-state index in [1.165, 1.54) is 11.1 Å². The number of nitrogen functional groups attached to an aromatic ring is 1. The van der Waals surface area contributed by atoms with E-state index in [1.54, 1.807) is 25.6 Å². The van der Waals surface area contributed by atoms with E-state index < -0.39 is 5.82 Å². The second-order valence-corrected chi connectivity index (χ2v) is 9.81. The number of halogens is 1. The van der Waals surface area contributed by atoms with E-state index in [9.17, 15) is 0 Å². The molecule has 4 heterocycles. The molecule has 2 aliphatic heterocycles. The molecule has 2 aromatic heterocycles. The molecular formula is C28H30FN7O2. The Morgan fingerprint density at radius 1 is 1.21 bits per heavy atom. The summed E-state index contributed by atoms with van der Waals surface area (Å²) in [5.41, 5.74) is 12.6. The normalized spacial score (nSPS) is 16.8. The van der Waals surface area contributed by atoms with Crippen molar-refractivity contribution in [3.05, 3.63) is 53.1 Å². The maximum absolute atomic E-state index is 15.5. The maximum Gasteiger partial charge on any atom is 0.237 e. The molecule has 6 rings (SSSR count). The molecule has 0 unspecified atom stereocenters. The lowest BCUT2D eigenvalue weighted by Gasteiger charge is -2.32. The summed E-state index contributed by atoms with van der Waals surface area (Å²) in [6.07, 6.45) is 4.12. The van der Waals surface area contributed by atoms with Crippen LogP contribution >= 0.6 is 0 Å². The van der Waals surface area contributed by atoms with Crippen molar-refractivity contribution in [1.82, 2.24) is 19.9 Å². The summed E-state index contributed by atoms with van der Waals surface area (Å²) in [6, 6.07) is 6.15. The minimum atomic E-state index is -0.530. The zero-order valence-corrected chi connectivity index (χ0v) is 21.9. The summed E-state index contributed by atoms with van der Waals surface area (Å²) in [6.45, 7) is 6.29. The molecule has 4 aromatic rings. The molecule has 0 amide bonds. The predicted molar refractivity (Wildman–Crippen MR) is 147 cm³/mol. The molecule has 196 valence electrons. The Labute approximate surface area is 220 Å². The Balaban J connectivity index is 1.42.